The van der Waals surface area contributed by atoms with Crippen LogP contribution in [0.2, 0.25) is 5.02 Å². The summed E-state index contributed by atoms with van der Waals surface area (Å²) in [7, 11) is 0. The molecule has 0 atom stereocenters. The number of allylic oxidation sites excluding steroid dienone is 1. The molecule has 0 aliphatic carbocycles. The fourth-order valence-electron chi connectivity index (χ4n) is 1.44. The van der Waals surface area contributed by atoms with Gasteiger partial charge < -0.3 is 0 Å². The zero-order valence-corrected chi connectivity index (χ0v) is 11.9. The Morgan fingerprint density at radius 2 is 1.83 bits per heavy atom. The van der Waals surface area contributed by atoms with Crippen molar-refractivity contribution in [1.82, 2.24) is 0 Å². The summed E-state index contributed by atoms with van der Waals surface area (Å²) in [5, 5.41) is 0.688. The van der Waals surface area contributed by atoms with Gasteiger partial charge in [0.1, 0.15) is 0 Å². The molecule has 0 radical (unpaired) electrons. The standard InChI is InChI=1S/C15H11BrClN/c16-13(9-12-5-2-1-3-6-12)11-18-15-8-4-7-14(17)10-15/h1-11H/b13-9+,18-11?. The number of benzene rings is 2. The Labute approximate surface area is 120 Å². The van der Waals surface area contributed by atoms with Crippen molar-refractivity contribution in [3.63, 3.8) is 0 Å². The van der Waals surface area contributed by atoms with Crippen LogP contribution in [0.25, 0.3) is 6.08 Å². The first-order valence-electron chi connectivity index (χ1n) is 5.46. The summed E-state index contributed by atoms with van der Waals surface area (Å²) in [4.78, 5) is 4.34. The van der Waals surface area contributed by atoms with Crippen LogP contribution in [-0.4, -0.2) is 6.21 Å². The van der Waals surface area contributed by atoms with E-state index in [4.69, 9.17) is 11.6 Å². The van der Waals surface area contributed by atoms with E-state index in [1.807, 2.05) is 60.7 Å². The zero-order chi connectivity index (χ0) is 12.8. The third-order valence-corrected chi connectivity index (χ3v) is 2.92. The minimum atomic E-state index is 0.688. The van der Waals surface area contributed by atoms with Gasteiger partial charge in [0, 0.05) is 15.7 Å². The van der Waals surface area contributed by atoms with Gasteiger partial charge in [-0.2, -0.15) is 0 Å². The molecule has 0 heterocycles. The summed E-state index contributed by atoms with van der Waals surface area (Å²) >= 11 is 9.36. The maximum atomic E-state index is 5.89. The van der Waals surface area contributed by atoms with Gasteiger partial charge in [0.05, 0.1) is 5.69 Å². The second-order valence-corrected chi connectivity index (χ2v) is 5.03. The molecule has 0 saturated carbocycles. The van der Waals surface area contributed by atoms with E-state index < -0.39 is 0 Å². The molecule has 0 bridgehead atoms. The minimum Gasteiger partial charge on any atom is -0.256 e. The third-order valence-electron chi connectivity index (χ3n) is 2.25. The average molecular weight is 321 g/mol. The Morgan fingerprint density at radius 1 is 1.06 bits per heavy atom. The highest BCUT2D eigenvalue weighted by Crippen LogP contribution is 2.18. The second-order valence-electron chi connectivity index (χ2n) is 3.68. The van der Waals surface area contributed by atoms with E-state index in [1.54, 1.807) is 6.21 Å². The number of hydrogen-bond acceptors (Lipinski definition) is 1. The second kappa shape index (κ2) is 6.53. The van der Waals surface area contributed by atoms with E-state index in [2.05, 4.69) is 20.9 Å². The van der Waals surface area contributed by atoms with Crippen molar-refractivity contribution in [1.29, 1.82) is 0 Å². The molecule has 2 aromatic rings. The molecule has 1 nitrogen and oxygen atoms in total. The Morgan fingerprint density at radius 3 is 2.56 bits per heavy atom. The fraction of sp³-hybridized carbons (Fsp3) is 0. The lowest BCUT2D eigenvalue weighted by atomic mass is 10.2. The van der Waals surface area contributed by atoms with Gasteiger partial charge >= 0.3 is 0 Å². The van der Waals surface area contributed by atoms with Crippen LogP contribution in [0.4, 0.5) is 5.69 Å². The van der Waals surface area contributed by atoms with Gasteiger partial charge in [0.25, 0.3) is 0 Å². The first-order chi connectivity index (χ1) is 8.74. The number of aliphatic imine (C=N–C) groups is 1. The first kappa shape index (κ1) is 13.1. The lowest BCUT2D eigenvalue weighted by Crippen LogP contribution is -1.75. The Hall–Kier alpha value is -1.38. The van der Waals surface area contributed by atoms with Crippen molar-refractivity contribution in [3.8, 4) is 0 Å². The van der Waals surface area contributed by atoms with Crippen molar-refractivity contribution >= 4 is 45.5 Å². The molecule has 2 aromatic carbocycles. The van der Waals surface area contributed by atoms with Crippen molar-refractivity contribution < 1.29 is 0 Å². The topological polar surface area (TPSA) is 12.4 Å². The molecule has 0 aliphatic rings. The van der Waals surface area contributed by atoms with E-state index >= 15 is 0 Å². The van der Waals surface area contributed by atoms with Crippen molar-refractivity contribution in [2.75, 3.05) is 0 Å². The molecule has 0 fully saturated rings. The molecule has 0 spiro atoms. The van der Waals surface area contributed by atoms with Crippen LogP contribution in [0.1, 0.15) is 5.56 Å². The molecule has 0 N–H and O–H groups in total. The summed E-state index contributed by atoms with van der Waals surface area (Å²) in [5.74, 6) is 0. The molecule has 18 heavy (non-hydrogen) atoms. The summed E-state index contributed by atoms with van der Waals surface area (Å²) in [5.41, 5.74) is 1.96. The molecule has 0 saturated heterocycles. The molecular formula is C15H11BrClN. The summed E-state index contributed by atoms with van der Waals surface area (Å²) < 4.78 is 0.911. The van der Waals surface area contributed by atoms with Gasteiger partial charge in [-0.15, -0.1) is 0 Å². The van der Waals surface area contributed by atoms with Crippen LogP contribution in [-0.2, 0) is 0 Å². The third kappa shape index (κ3) is 4.13. The minimum absolute atomic E-state index is 0.688. The maximum Gasteiger partial charge on any atom is 0.0644 e. The Balaban J connectivity index is 2.12. The van der Waals surface area contributed by atoms with Crippen LogP contribution in [0, 0.1) is 0 Å². The number of hydrogen-bond donors (Lipinski definition) is 0. The fourth-order valence-corrected chi connectivity index (χ4v) is 1.99. The van der Waals surface area contributed by atoms with Crippen molar-refractivity contribution in [2.45, 2.75) is 0 Å². The van der Waals surface area contributed by atoms with Crippen molar-refractivity contribution in [3.05, 3.63) is 69.7 Å². The number of nitrogens with zero attached hydrogens (tertiary/aromatic N) is 1. The first-order valence-corrected chi connectivity index (χ1v) is 6.63. The highest BCUT2D eigenvalue weighted by molar-refractivity contribution is 9.12. The SMILES string of the molecule is Clc1cccc(N=C/C(Br)=C\c2ccccc2)c1. The van der Waals surface area contributed by atoms with Gasteiger partial charge in [-0.3, -0.25) is 4.99 Å². The van der Waals surface area contributed by atoms with Crippen LogP contribution in [0.5, 0.6) is 0 Å². The van der Waals surface area contributed by atoms with Gasteiger partial charge in [-0.1, -0.05) is 48.0 Å². The van der Waals surface area contributed by atoms with Crippen LogP contribution in [0.3, 0.4) is 0 Å². The van der Waals surface area contributed by atoms with Gasteiger partial charge in [0.2, 0.25) is 0 Å². The quantitative estimate of drug-likeness (QED) is 0.664. The lowest BCUT2D eigenvalue weighted by Gasteiger charge is -1.95. The van der Waals surface area contributed by atoms with Crippen molar-refractivity contribution in [2.24, 2.45) is 4.99 Å². The van der Waals surface area contributed by atoms with E-state index in [-0.39, 0.29) is 0 Å². The maximum absolute atomic E-state index is 5.89. The summed E-state index contributed by atoms with van der Waals surface area (Å²) in [6, 6.07) is 17.5. The molecule has 2 rings (SSSR count). The molecule has 0 unspecified atom stereocenters. The Kier molecular flexibility index (Phi) is 4.73. The molecule has 0 amide bonds. The highest BCUT2D eigenvalue weighted by atomic mass is 79.9. The van der Waals surface area contributed by atoms with Gasteiger partial charge in [0.15, 0.2) is 0 Å². The zero-order valence-electron chi connectivity index (χ0n) is 9.55. The molecule has 3 heteroatoms. The van der Waals surface area contributed by atoms with E-state index in [0.29, 0.717) is 5.02 Å². The van der Waals surface area contributed by atoms with Crippen LogP contribution in [0.15, 0.2) is 64.1 Å². The van der Waals surface area contributed by atoms with Crippen LogP contribution >= 0.6 is 27.5 Å². The molecule has 0 aromatic heterocycles. The number of halogens is 2. The molecular weight excluding hydrogens is 310 g/mol. The lowest BCUT2D eigenvalue weighted by molar-refractivity contribution is 1.54. The Bertz CT molecular complexity index is 576. The van der Waals surface area contributed by atoms with Gasteiger partial charge in [-0.25, -0.2) is 0 Å². The van der Waals surface area contributed by atoms with E-state index in [1.165, 1.54) is 0 Å². The van der Waals surface area contributed by atoms with E-state index in [0.717, 1.165) is 15.7 Å². The predicted octanol–water partition coefficient (Wildman–Crippen LogP) is 5.48. The molecule has 0 aliphatic heterocycles. The predicted molar refractivity (Wildman–Crippen MR) is 83.0 cm³/mol. The molecule has 90 valence electrons. The normalized spacial score (nSPS) is 12.0. The average Bonchev–Trinajstić information content (AvgIpc) is 2.38. The van der Waals surface area contributed by atoms with Gasteiger partial charge in [-0.05, 0) is 45.8 Å². The van der Waals surface area contributed by atoms with Crippen LogP contribution < -0.4 is 0 Å². The summed E-state index contributed by atoms with van der Waals surface area (Å²) in [6.07, 6.45) is 3.77. The largest absolute Gasteiger partial charge is 0.256 e. The van der Waals surface area contributed by atoms with E-state index in [9.17, 15) is 0 Å². The summed E-state index contributed by atoms with van der Waals surface area (Å²) in [6.45, 7) is 0. The highest BCUT2D eigenvalue weighted by Gasteiger charge is 1.92. The number of rotatable bonds is 3. The monoisotopic (exact) mass is 319 g/mol. The smallest absolute Gasteiger partial charge is 0.0644 e.